The molecular weight excluding hydrogens is 523 g/mol. The maximum absolute atomic E-state index is 12.1. The summed E-state index contributed by atoms with van der Waals surface area (Å²) < 4.78 is 51.8. The number of pyridine rings is 1. The predicted octanol–water partition coefficient (Wildman–Crippen LogP) is 2.97. The van der Waals surface area contributed by atoms with Crippen LogP contribution in [0.2, 0.25) is 0 Å². The first-order chi connectivity index (χ1) is 18.7. The number of hydrogen-bond acceptors (Lipinski definition) is 10. The molecule has 0 spiro atoms. The molecule has 0 bridgehead atoms. The number of nitrogens with zero attached hydrogens (tertiary/aromatic N) is 5. The topological polar surface area (TPSA) is 157 Å². The van der Waals surface area contributed by atoms with Crippen molar-refractivity contribution in [3.05, 3.63) is 71.5 Å². The van der Waals surface area contributed by atoms with Crippen LogP contribution in [0.5, 0.6) is 5.88 Å². The van der Waals surface area contributed by atoms with Gasteiger partial charge in [-0.15, -0.1) is 28.5 Å². The standard InChI is InChI=1S/C24H22F3N7O5/c1-37-13-16(35)10-19(28)21-32-31-20-17-4-2-3-5-18(17)23(33-34(20)21)38-12-15-7-6-14(11-30-15)22(36)29-8-9-39-24(25,26)27/h2-7,10-11,28,35H,8-9,12-13H2,1H3,(H,29,36)/b16-10-,28-19?. The van der Waals surface area contributed by atoms with Crippen LogP contribution in [0, 0.1) is 5.41 Å². The second-order valence-electron chi connectivity index (χ2n) is 7.97. The molecule has 204 valence electrons. The summed E-state index contributed by atoms with van der Waals surface area (Å²) in [6.07, 6.45) is -2.31. The molecule has 0 aliphatic rings. The number of aliphatic hydroxyl groups is 1. The zero-order chi connectivity index (χ0) is 28.0. The maximum atomic E-state index is 12.1. The van der Waals surface area contributed by atoms with Crippen molar-refractivity contribution in [1.82, 2.24) is 30.1 Å². The summed E-state index contributed by atoms with van der Waals surface area (Å²) in [5, 5.41) is 34.4. The quantitative estimate of drug-likeness (QED) is 0.146. The van der Waals surface area contributed by atoms with Gasteiger partial charge in [0.15, 0.2) is 5.65 Å². The summed E-state index contributed by atoms with van der Waals surface area (Å²) in [4.78, 5) is 16.3. The largest absolute Gasteiger partial charge is 0.522 e. The Kier molecular flexibility index (Phi) is 8.31. The molecule has 0 aliphatic carbocycles. The number of carbonyl (C=O) groups excluding carboxylic acids is 1. The second-order valence-corrected chi connectivity index (χ2v) is 7.97. The lowest BCUT2D eigenvalue weighted by atomic mass is 10.2. The molecule has 39 heavy (non-hydrogen) atoms. The van der Waals surface area contributed by atoms with E-state index in [4.69, 9.17) is 14.9 Å². The molecule has 3 N–H and O–H groups in total. The van der Waals surface area contributed by atoms with Gasteiger partial charge in [-0.25, -0.2) is 0 Å². The average molecular weight is 545 g/mol. The summed E-state index contributed by atoms with van der Waals surface area (Å²) >= 11 is 0. The summed E-state index contributed by atoms with van der Waals surface area (Å²) in [5.74, 6) is -0.510. The van der Waals surface area contributed by atoms with Crippen molar-refractivity contribution in [2.45, 2.75) is 13.0 Å². The zero-order valence-corrected chi connectivity index (χ0v) is 20.4. The molecule has 0 fully saturated rings. The van der Waals surface area contributed by atoms with Crippen LogP contribution in [-0.2, 0) is 16.1 Å². The van der Waals surface area contributed by atoms with E-state index in [0.717, 1.165) is 0 Å². The van der Waals surface area contributed by atoms with Crippen LogP contribution < -0.4 is 10.1 Å². The van der Waals surface area contributed by atoms with E-state index in [1.807, 2.05) is 0 Å². The zero-order valence-electron chi connectivity index (χ0n) is 20.4. The number of ether oxygens (including phenoxy) is 3. The Bertz CT molecular complexity index is 1520. The van der Waals surface area contributed by atoms with Gasteiger partial charge >= 0.3 is 6.36 Å². The molecule has 1 aromatic carbocycles. The van der Waals surface area contributed by atoms with E-state index >= 15 is 0 Å². The van der Waals surface area contributed by atoms with Gasteiger partial charge in [0.05, 0.1) is 17.9 Å². The Balaban J connectivity index is 1.50. The fraction of sp³-hybridized carbons (Fsp3) is 0.250. The number of fused-ring (bicyclic) bond motifs is 3. The van der Waals surface area contributed by atoms with Gasteiger partial charge in [0.1, 0.15) is 24.7 Å². The van der Waals surface area contributed by atoms with Crippen molar-refractivity contribution in [3.8, 4) is 5.88 Å². The van der Waals surface area contributed by atoms with Gasteiger partial charge in [-0.05, 0) is 18.2 Å². The highest BCUT2D eigenvalue weighted by Crippen LogP contribution is 2.27. The molecule has 12 nitrogen and oxygen atoms in total. The molecule has 0 unspecified atom stereocenters. The minimum atomic E-state index is -4.76. The molecule has 0 saturated heterocycles. The number of allylic oxidation sites excluding steroid dienone is 1. The van der Waals surface area contributed by atoms with Crippen LogP contribution >= 0.6 is 0 Å². The Labute approximate surface area is 218 Å². The molecule has 0 saturated carbocycles. The normalized spacial score (nSPS) is 12.2. The van der Waals surface area contributed by atoms with Gasteiger partial charge in [0, 0.05) is 36.7 Å². The van der Waals surface area contributed by atoms with E-state index in [2.05, 4.69) is 30.3 Å². The smallest absolute Gasteiger partial charge is 0.510 e. The summed E-state index contributed by atoms with van der Waals surface area (Å²) in [5.41, 5.74) is 0.827. The highest BCUT2D eigenvalue weighted by atomic mass is 19.4. The number of aromatic nitrogens is 5. The van der Waals surface area contributed by atoms with Gasteiger partial charge in [-0.3, -0.25) is 19.9 Å². The highest BCUT2D eigenvalue weighted by molar-refractivity contribution is 6.05. The van der Waals surface area contributed by atoms with Gasteiger partial charge in [0.2, 0.25) is 11.7 Å². The minimum absolute atomic E-state index is 0.0345. The number of amides is 1. The molecular formula is C24H22F3N7O5. The number of carbonyl (C=O) groups is 1. The number of benzene rings is 1. The van der Waals surface area contributed by atoms with E-state index < -0.39 is 18.9 Å². The Morgan fingerprint density at radius 2 is 1.95 bits per heavy atom. The third kappa shape index (κ3) is 6.82. The molecule has 15 heteroatoms. The van der Waals surface area contributed by atoms with Crippen molar-refractivity contribution < 1.29 is 37.3 Å². The molecule has 0 aliphatic heterocycles. The molecule has 0 atom stereocenters. The number of aliphatic hydroxyl groups excluding tert-OH is 1. The first-order valence-electron chi connectivity index (χ1n) is 11.3. The number of alkyl halides is 3. The Morgan fingerprint density at radius 3 is 2.64 bits per heavy atom. The SMILES string of the molecule is COC/C(O)=C/C(=N)c1nnc2c3ccccc3c(OCc3ccc(C(=O)NCCOC(F)(F)F)cn3)nn12. The maximum Gasteiger partial charge on any atom is 0.522 e. The number of nitrogens with one attached hydrogen (secondary N) is 2. The van der Waals surface area contributed by atoms with Crippen molar-refractivity contribution in [1.29, 1.82) is 5.41 Å². The molecule has 3 heterocycles. The lowest BCUT2D eigenvalue weighted by Crippen LogP contribution is -2.29. The number of rotatable bonds is 11. The third-order valence-electron chi connectivity index (χ3n) is 5.17. The first-order valence-corrected chi connectivity index (χ1v) is 11.3. The van der Waals surface area contributed by atoms with E-state index in [-0.39, 0.29) is 48.5 Å². The number of methoxy groups -OCH3 is 1. The second kappa shape index (κ2) is 11.8. The lowest BCUT2D eigenvalue weighted by molar-refractivity contribution is -0.323. The molecule has 3 aromatic heterocycles. The number of hydrogen-bond donors (Lipinski definition) is 3. The van der Waals surface area contributed by atoms with Gasteiger partial charge in [-0.2, -0.15) is 4.52 Å². The summed E-state index contributed by atoms with van der Waals surface area (Å²) in [7, 11) is 1.41. The lowest BCUT2D eigenvalue weighted by Gasteiger charge is -2.10. The van der Waals surface area contributed by atoms with Crippen LogP contribution in [0.25, 0.3) is 16.4 Å². The Morgan fingerprint density at radius 1 is 1.18 bits per heavy atom. The van der Waals surface area contributed by atoms with E-state index in [1.54, 1.807) is 24.3 Å². The monoisotopic (exact) mass is 545 g/mol. The first kappa shape index (κ1) is 27.4. The fourth-order valence-corrected chi connectivity index (χ4v) is 3.47. The van der Waals surface area contributed by atoms with Crippen molar-refractivity contribution in [2.75, 3.05) is 26.9 Å². The van der Waals surface area contributed by atoms with E-state index in [0.29, 0.717) is 22.1 Å². The van der Waals surface area contributed by atoms with Crippen LogP contribution in [0.1, 0.15) is 21.9 Å². The fourth-order valence-electron chi connectivity index (χ4n) is 3.47. The summed E-state index contributed by atoms with van der Waals surface area (Å²) in [6.45, 7) is -1.15. The van der Waals surface area contributed by atoms with Gasteiger partial charge < -0.3 is 19.9 Å². The van der Waals surface area contributed by atoms with E-state index in [1.165, 1.54) is 36.0 Å². The molecule has 1 amide bonds. The highest BCUT2D eigenvalue weighted by Gasteiger charge is 2.28. The van der Waals surface area contributed by atoms with Crippen LogP contribution in [0.3, 0.4) is 0 Å². The van der Waals surface area contributed by atoms with Crippen molar-refractivity contribution in [2.24, 2.45) is 0 Å². The van der Waals surface area contributed by atoms with Gasteiger partial charge in [0.25, 0.3) is 5.91 Å². The third-order valence-corrected chi connectivity index (χ3v) is 5.17. The van der Waals surface area contributed by atoms with Gasteiger partial charge in [-0.1, -0.05) is 18.2 Å². The predicted molar refractivity (Wildman–Crippen MR) is 131 cm³/mol. The molecule has 0 radical (unpaired) electrons. The van der Waals surface area contributed by atoms with Crippen LogP contribution in [0.4, 0.5) is 13.2 Å². The number of halogens is 3. The van der Waals surface area contributed by atoms with Crippen molar-refractivity contribution in [3.63, 3.8) is 0 Å². The van der Waals surface area contributed by atoms with E-state index in [9.17, 15) is 23.1 Å². The summed E-state index contributed by atoms with van der Waals surface area (Å²) in [6, 6.07) is 10.2. The molecule has 4 aromatic rings. The average Bonchev–Trinajstić information content (AvgIpc) is 3.34. The molecule has 4 rings (SSSR count). The van der Waals surface area contributed by atoms with Crippen LogP contribution in [0.15, 0.2) is 54.4 Å². The van der Waals surface area contributed by atoms with Crippen molar-refractivity contribution >= 4 is 28.0 Å². The van der Waals surface area contributed by atoms with Crippen LogP contribution in [-0.4, -0.2) is 74.8 Å². The Hall–Kier alpha value is -4.63. The minimum Gasteiger partial charge on any atom is -0.510 e.